The summed E-state index contributed by atoms with van der Waals surface area (Å²) in [5.41, 5.74) is 2.79. The molecule has 0 amide bonds. The minimum atomic E-state index is -0.446. The molecule has 1 aromatic carbocycles. The molecule has 28 heavy (non-hydrogen) atoms. The molecule has 0 atom stereocenters. The van der Waals surface area contributed by atoms with Crippen LogP contribution in [0.3, 0.4) is 0 Å². The van der Waals surface area contributed by atoms with Gasteiger partial charge in [0.1, 0.15) is 5.58 Å². The number of fused-ring (bicyclic) bond motifs is 2. The fraction of sp³-hybridized carbons (Fsp3) is 0.167. The van der Waals surface area contributed by atoms with Crippen LogP contribution in [0, 0.1) is 13.8 Å². The number of nitrogens with zero attached hydrogens (tertiary/aromatic N) is 6. The molecule has 4 heterocycles. The van der Waals surface area contributed by atoms with Gasteiger partial charge >= 0.3 is 5.63 Å². The van der Waals surface area contributed by atoms with Gasteiger partial charge in [0.25, 0.3) is 5.95 Å². The van der Waals surface area contributed by atoms with E-state index in [-0.39, 0.29) is 0 Å². The van der Waals surface area contributed by atoms with Crippen molar-refractivity contribution < 1.29 is 4.42 Å². The van der Waals surface area contributed by atoms with Crippen LogP contribution in [0.25, 0.3) is 16.9 Å². The number of thioether (sulfide) groups is 1. The molecule has 0 N–H and O–H groups in total. The summed E-state index contributed by atoms with van der Waals surface area (Å²) in [4.78, 5) is 12.5. The van der Waals surface area contributed by atoms with Crippen molar-refractivity contribution in [1.29, 1.82) is 0 Å². The highest BCUT2D eigenvalue weighted by molar-refractivity contribution is 7.99. The fourth-order valence-electron chi connectivity index (χ4n) is 3.11. The third-order valence-corrected chi connectivity index (χ3v) is 5.52. The van der Waals surface area contributed by atoms with E-state index in [1.807, 2.05) is 19.9 Å². The summed E-state index contributed by atoms with van der Waals surface area (Å²) in [5.74, 6) is 0.949. The van der Waals surface area contributed by atoms with E-state index in [0.717, 1.165) is 16.8 Å². The Morgan fingerprint density at radius 3 is 2.82 bits per heavy atom. The second-order valence-corrected chi connectivity index (χ2v) is 7.78. The molecule has 0 fully saturated rings. The Morgan fingerprint density at radius 1 is 1.18 bits per heavy atom. The zero-order valence-corrected chi connectivity index (χ0v) is 16.5. The van der Waals surface area contributed by atoms with Crippen LogP contribution in [0.4, 0.5) is 0 Å². The van der Waals surface area contributed by atoms with Gasteiger partial charge in [0, 0.05) is 21.9 Å². The van der Waals surface area contributed by atoms with Gasteiger partial charge in [-0.05, 0) is 44.2 Å². The largest absolute Gasteiger partial charge is 0.422 e. The molecule has 0 unspecified atom stereocenters. The Bertz CT molecular complexity index is 1340. The summed E-state index contributed by atoms with van der Waals surface area (Å²) in [6.45, 7) is 3.84. The third kappa shape index (κ3) is 2.74. The molecule has 0 radical (unpaired) electrons. The van der Waals surface area contributed by atoms with Crippen molar-refractivity contribution in [1.82, 2.24) is 24.7 Å². The molecule has 1 aliphatic rings. The molecule has 0 saturated carbocycles. The number of hydrogen-bond donors (Lipinski definition) is 0. The molecule has 140 valence electrons. The minimum absolute atomic E-state index is 0.390. The minimum Gasteiger partial charge on any atom is -0.422 e. The lowest BCUT2D eigenvalue weighted by Crippen LogP contribution is -2.21. The van der Waals surface area contributed by atoms with Crippen molar-refractivity contribution in [2.75, 3.05) is 5.75 Å². The molecule has 10 heteroatoms. The summed E-state index contributed by atoms with van der Waals surface area (Å²) in [6.07, 6.45) is 0. The summed E-state index contributed by atoms with van der Waals surface area (Å²) in [7, 11) is 0. The van der Waals surface area contributed by atoms with Crippen LogP contribution >= 0.6 is 23.4 Å². The van der Waals surface area contributed by atoms with Gasteiger partial charge in [0.2, 0.25) is 5.16 Å². The van der Waals surface area contributed by atoms with Gasteiger partial charge in [0.05, 0.1) is 17.0 Å². The summed E-state index contributed by atoms with van der Waals surface area (Å²) < 4.78 is 8.73. The quantitative estimate of drug-likeness (QED) is 0.469. The Labute approximate surface area is 167 Å². The highest BCUT2D eigenvalue weighted by Gasteiger charge is 2.24. The number of rotatable bonds is 2. The highest BCUT2D eigenvalue weighted by Crippen LogP contribution is 2.26. The first-order valence-electron chi connectivity index (χ1n) is 8.43. The van der Waals surface area contributed by atoms with Gasteiger partial charge < -0.3 is 4.42 Å². The van der Waals surface area contributed by atoms with Crippen molar-refractivity contribution >= 4 is 40.0 Å². The lowest BCUT2D eigenvalue weighted by molar-refractivity contribution is 0.559. The molecule has 0 saturated heterocycles. The SMILES string of the molecule is Cc1cc(C)n(-c2nnc3n2N=C(c2cc4cc(Cl)ccc4oc2=O)CS3)n1. The monoisotopic (exact) mass is 412 g/mol. The van der Waals surface area contributed by atoms with E-state index in [1.54, 1.807) is 33.6 Å². The normalized spacial score (nSPS) is 13.6. The summed E-state index contributed by atoms with van der Waals surface area (Å²) in [5, 5.41) is 19.4. The van der Waals surface area contributed by atoms with Crippen LogP contribution in [-0.2, 0) is 0 Å². The predicted octanol–water partition coefficient (Wildman–Crippen LogP) is 3.20. The molecule has 8 nitrogen and oxygen atoms in total. The molecular formula is C18H13ClN6O2S. The number of halogens is 1. The van der Waals surface area contributed by atoms with Crippen LogP contribution in [0.5, 0.6) is 0 Å². The molecular weight excluding hydrogens is 400 g/mol. The Hall–Kier alpha value is -2.91. The van der Waals surface area contributed by atoms with Crippen molar-refractivity contribution in [2.24, 2.45) is 5.10 Å². The van der Waals surface area contributed by atoms with Gasteiger partial charge in [-0.2, -0.15) is 14.9 Å². The second-order valence-electron chi connectivity index (χ2n) is 6.40. The van der Waals surface area contributed by atoms with Crippen LogP contribution in [0.1, 0.15) is 17.0 Å². The maximum Gasteiger partial charge on any atom is 0.345 e. The second kappa shape index (κ2) is 6.32. The number of aryl methyl sites for hydroxylation is 2. The fourth-order valence-corrected chi connectivity index (χ4v) is 4.11. The van der Waals surface area contributed by atoms with Crippen LogP contribution in [0.2, 0.25) is 5.02 Å². The van der Waals surface area contributed by atoms with E-state index in [2.05, 4.69) is 20.4 Å². The molecule has 5 rings (SSSR count). The lowest BCUT2D eigenvalue weighted by Gasteiger charge is -2.13. The first kappa shape index (κ1) is 17.2. The lowest BCUT2D eigenvalue weighted by atomic mass is 10.1. The molecule has 0 spiro atoms. The first-order valence-corrected chi connectivity index (χ1v) is 9.79. The summed E-state index contributed by atoms with van der Waals surface area (Å²) >= 11 is 7.52. The number of aromatic nitrogens is 5. The smallest absolute Gasteiger partial charge is 0.345 e. The molecule has 3 aromatic heterocycles. The summed E-state index contributed by atoms with van der Waals surface area (Å²) in [6, 6.07) is 8.82. The van der Waals surface area contributed by atoms with E-state index < -0.39 is 5.63 Å². The standard InChI is InChI=1S/C18H13ClN6O2S/c1-9-5-10(2)24(22-9)17-20-21-18-25(17)23-14(8-28-18)13-7-11-6-12(19)3-4-15(11)27-16(13)26/h3-7H,8H2,1-2H3. The maximum atomic E-state index is 12.5. The average molecular weight is 413 g/mol. The van der Waals surface area contributed by atoms with Crippen molar-refractivity contribution in [3.63, 3.8) is 0 Å². The van der Waals surface area contributed by atoms with E-state index in [9.17, 15) is 4.79 Å². The zero-order chi connectivity index (χ0) is 19.4. The third-order valence-electron chi connectivity index (χ3n) is 4.36. The molecule has 4 aromatic rings. The van der Waals surface area contributed by atoms with Gasteiger partial charge in [-0.1, -0.05) is 23.4 Å². The van der Waals surface area contributed by atoms with Crippen LogP contribution < -0.4 is 5.63 Å². The van der Waals surface area contributed by atoms with Crippen molar-refractivity contribution in [3.8, 4) is 5.95 Å². The van der Waals surface area contributed by atoms with E-state index in [0.29, 0.717) is 38.7 Å². The van der Waals surface area contributed by atoms with Crippen LogP contribution in [0.15, 0.2) is 49.8 Å². The first-order chi connectivity index (χ1) is 13.5. The maximum absolute atomic E-state index is 12.5. The Balaban J connectivity index is 1.67. The highest BCUT2D eigenvalue weighted by atomic mass is 35.5. The Morgan fingerprint density at radius 2 is 2.04 bits per heavy atom. The van der Waals surface area contributed by atoms with E-state index in [4.69, 9.17) is 16.0 Å². The topological polar surface area (TPSA) is 91.1 Å². The van der Waals surface area contributed by atoms with Gasteiger partial charge in [0.15, 0.2) is 0 Å². The van der Waals surface area contributed by atoms with Crippen molar-refractivity contribution in [3.05, 3.63) is 62.7 Å². The van der Waals surface area contributed by atoms with Gasteiger partial charge in [-0.25, -0.2) is 9.48 Å². The van der Waals surface area contributed by atoms with Gasteiger partial charge in [-0.15, -0.1) is 10.2 Å². The molecule has 0 aliphatic carbocycles. The average Bonchev–Trinajstić information content (AvgIpc) is 3.23. The zero-order valence-electron chi connectivity index (χ0n) is 14.9. The van der Waals surface area contributed by atoms with E-state index >= 15 is 0 Å². The molecule has 1 aliphatic heterocycles. The Kier molecular flexibility index (Phi) is 3.88. The number of benzene rings is 1. The van der Waals surface area contributed by atoms with Gasteiger partial charge in [-0.3, -0.25) is 0 Å². The van der Waals surface area contributed by atoms with E-state index in [1.165, 1.54) is 11.8 Å². The molecule has 0 bridgehead atoms. The predicted molar refractivity (Wildman–Crippen MR) is 107 cm³/mol. The van der Waals surface area contributed by atoms with Crippen LogP contribution in [-0.4, -0.2) is 36.1 Å². The number of hydrogen-bond acceptors (Lipinski definition) is 7. The van der Waals surface area contributed by atoms with Crippen molar-refractivity contribution in [2.45, 2.75) is 19.0 Å².